The minimum atomic E-state index is -0.377. The summed E-state index contributed by atoms with van der Waals surface area (Å²) in [5.41, 5.74) is 0.493. The lowest BCUT2D eigenvalue weighted by Gasteiger charge is -2.20. The normalized spacial score (nSPS) is 10.1. The fourth-order valence-electron chi connectivity index (χ4n) is 1.31. The Bertz CT molecular complexity index is 401. The first kappa shape index (κ1) is 13.9. The highest BCUT2D eigenvalue weighted by atomic mass is 79.9. The standard InChI is InChI=1S/C11H14BrFN2O2/c1-2-15(5-6-16)11(17)14-10-4-3-8(13)7-9(10)12/h3-4,7,16H,2,5-6H2,1H3,(H,14,17). The molecule has 1 aromatic carbocycles. The van der Waals surface area contributed by atoms with Crippen LogP contribution < -0.4 is 5.32 Å². The van der Waals surface area contributed by atoms with Crippen LogP contribution in [0, 0.1) is 5.82 Å². The molecule has 2 N–H and O–H groups in total. The number of urea groups is 1. The minimum Gasteiger partial charge on any atom is -0.395 e. The Hall–Kier alpha value is -1.14. The molecule has 4 nitrogen and oxygen atoms in total. The molecule has 1 aromatic rings. The topological polar surface area (TPSA) is 52.6 Å². The number of nitrogens with one attached hydrogen (secondary N) is 1. The molecular formula is C11H14BrFN2O2. The fourth-order valence-corrected chi connectivity index (χ4v) is 1.76. The number of carbonyl (C=O) groups is 1. The Morgan fingerprint density at radius 1 is 1.59 bits per heavy atom. The van der Waals surface area contributed by atoms with E-state index < -0.39 is 0 Å². The molecule has 94 valence electrons. The lowest BCUT2D eigenvalue weighted by molar-refractivity contribution is 0.192. The monoisotopic (exact) mass is 304 g/mol. The summed E-state index contributed by atoms with van der Waals surface area (Å²) >= 11 is 3.16. The van der Waals surface area contributed by atoms with Gasteiger partial charge in [0.05, 0.1) is 12.3 Å². The van der Waals surface area contributed by atoms with Crippen molar-refractivity contribution < 1.29 is 14.3 Å². The molecule has 0 aliphatic rings. The van der Waals surface area contributed by atoms with Crippen LogP contribution in [0.25, 0.3) is 0 Å². The van der Waals surface area contributed by atoms with Gasteiger partial charge in [-0.15, -0.1) is 0 Å². The molecule has 0 heterocycles. The van der Waals surface area contributed by atoms with Crippen LogP contribution in [-0.2, 0) is 0 Å². The highest BCUT2D eigenvalue weighted by Crippen LogP contribution is 2.23. The lowest BCUT2D eigenvalue weighted by Crippen LogP contribution is -2.36. The van der Waals surface area contributed by atoms with Gasteiger partial charge in [0.2, 0.25) is 0 Å². The second kappa shape index (κ2) is 6.56. The number of rotatable bonds is 4. The number of carbonyl (C=O) groups excluding carboxylic acids is 1. The van der Waals surface area contributed by atoms with E-state index in [-0.39, 0.29) is 25.0 Å². The van der Waals surface area contributed by atoms with Gasteiger partial charge >= 0.3 is 6.03 Å². The quantitative estimate of drug-likeness (QED) is 0.897. The summed E-state index contributed by atoms with van der Waals surface area (Å²) in [5, 5.41) is 11.4. The third kappa shape index (κ3) is 3.98. The summed E-state index contributed by atoms with van der Waals surface area (Å²) in [6.45, 7) is 2.48. The summed E-state index contributed by atoms with van der Waals surface area (Å²) in [4.78, 5) is 13.2. The average molecular weight is 305 g/mol. The van der Waals surface area contributed by atoms with E-state index in [0.29, 0.717) is 16.7 Å². The maximum atomic E-state index is 12.8. The number of likely N-dealkylation sites (N-methyl/N-ethyl adjacent to an activating group) is 1. The Morgan fingerprint density at radius 2 is 2.29 bits per heavy atom. The zero-order chi connectivity index (χ0) is 12.8. The number of amides is 2. The van der Waals surface area contributed by atoms with Crippen molar-refractivity contribution in [3.8, 4) is 0 Å². The van der Waals surface area contributed by atoms with Crippen LogP contribution in [0.4, 0.5) is 14.9 Å². The Kier molecular flexibility index (Phi) is 5.37. The largest absolute Gasteiger partial charge is 0.395 e. The highest BCUT2D eigenvalue weighted by Gasteiger charge is 2.12. The van der Waals surface area contributed by atoms with E-state index in [4.69, 9.17) is 5.11 Å². The Labute approximate surface area is 108 Å². The van der Waals surface area contributed by atoms with Crippen LogP contribution in [-0.4, -0.2) is 35.7 Å². The van der Waals surface area contributed by atoms with Gasteiger partial charge < -0.3 is 15.3 Å². The zero-order valence-corrected chi connectivity index (χ0v) is 11.0. The Balaban J connectivity index is 2.73. The number of nitrogens with zero attached hydrogens (tertiary/aromatic N) is 1. The predicted octanol–water partition coefficient (Wildman–Crippen LogP) is 2.43. The van der Waals surface area contributed by atoms with Crippen molar-refractivity contribution in [2.75, 3.05) is 25.0 Å². The number of aliphatic hydroxyl groups excluding tert-OH is 1. The molecule has 0 fully saturated rings. The third-order valence-corrected chi connectivity index (χ3v) is 2.87. The van der Waals surface area contributed by atoms with E-state index in [1.807, 2.05) is 6.92 Å². The van der Waals surface area contributed by atoms with E-state index in [1.54, 1.807) is 0 Å². The summed E-state index contributed by atoms with van der Waals surface area (Å²) in [6.07, 6.45) is 0. The SMILES string of the molecule is CCN(CCO)C(=O)Nc1ccc(F)cc1Br. The summed E-state index contributed by atoms with van der Waals surface area (Å²) < 4.78 is 13.3. The van der Waals surface area contributed by atoms with Gasteiger partial charge in [-0.1, -0.05) is 0 Å². The van der Waals surface area contributed by atoms with Gasteiger partial charge in [0, 0.05) is 17.6 Å². The molecular weight excluding hydrogens is 291 g/mol. The maximum Gasteiger partial charge on any atom is 0.321 e. The third-order valence-electron chi connectivity index (χ3n) is 2.21. The second-order valence-corrected chi connectivity index (χ2v) is 4.21. The van der Waals surface area contributed by atoms with Gasteiger partial charge in [-0.3, -0.25) is 0 Å². The zero-order valence-electron chi connectivity index (χ0n) is 9.41. The van der Waals surface area contributed by atoms with Gasteiger partial charge in [-0.25, -0.2) is 9.18 Å². The van der Waals surface area contributed by atoms with E-state index in [9.17, 15) is 9.18 Å². The molecule has 2 amide bonds. The average Bonchev–Trinajstić information content (AvgIpc) is 2.29. The smallest absolute Gasteiger partial charge is 0.321 e. The highest BCUT2D eigenvalue weighted by molar-refractivity contribution is 9.10. The first-order chi connectivity index (χ1) is 8.08. The van der Waals surface area contributed by atoms with Crippen LogP contribution in [0.3, 0.4) is 0 Å². The van der Waals surface area contributed by atoms with Crippen molar-refractivity contribution >= 4 is 27.6 Å². The van der Waals surface area contributed by atoms with Gasteiger partial charge in [-0.2, -0.15) is 0 Å². The number of benzene rings is 1. The predicted molar refractivity (Wildman–Crippen MR) is 67.5 cm³/mol. The van der Waals surface area contributed by atoms with Crippen molar-refractivity contribution in [1.29, 1.82) is 0 Å². The molecule has 0 spiro atoms. The molecule has 6 heteroatoms. The van der Waals surface area contributed by atoms with Gasteiger partial charge in [0.1, 0.15) is 5.82 Å². The fraction of sp³-hybridized carbons (Fsp3) is 0.364. The first-order valence-electron chi connectivity index (χ1n) is 5.20. The van der Waals surface area contributed by atoms with Crippen molar-refractivity contribution in [1.82, 2.24) is 4.90 Å². The van der Waals surface area contributed by atoms with E-state index in [2.05, 4.69) is 21.2 Å². The molecule has 0 saturated carbocycles. The second-order valence-electron chi connectivity index (χ2n) is 3.36. The van der Waals surface area contributed by atoms with Crippen LogP contribution in [0.2, 0.25) is 0 Å². The van der Waals surface area contributed by atoms with Crippen molar-refractivity contribution in [2.45, 2.75) is 6.92 Å². The molecule has 0 unspecified atom stereocenters. The van der Waals surface area contributed by atoms with Crippen molar-refractivity contribution in [3.05, 3.63) is 28.5 Å². The van der Waals surface area contributed by atoms with Crippen molar-refractivity contribution in [2.24, 2.45) is 0 Å². The molecule has 0 atom stereocenters. The molecule has 1 rings (SSSR count). The molecule has 0 aromatic heterocycles. The van der Waals surface area contributed by atoms with Crippen LogP contribution >= 0.6 is 15.9 Å². The van der Waals surface area contributed by atoms with Crippen LogP contribution in [0.15, 0.2) is 22.7 Å². The van der Waals surface area contributed by atoms with E-state index in [1.165, 1.54) is 23.1 Å². The summed E-state index contributed by atoms with van der Waals surface area (Å²) in [6, 6.07) is 3.69. The minimum absolute atomic E-state index is 0.0914. The molecule has 0 bridgehead atoms. The van der Waals surface area contributed by atoms with E-state index in [0.717, 1.165) is 0 Å². The maximum absolute atomic E-state index is 12.8. The molecule has 0 aliphatic heterocycles. The number of hydrogen-bond donors (Lipinski definition) is 2. The summed E-state index contributed by atoms with van der Waals surface area (Å²) in [7, 11) is 0. The number of halogens is 2. The summed E-state index contributed by atoms with van der Waals surface area (Å²) in [5.74, 6) is -0.377. The molecule has 17 heavy (non-hydrogen) atoms. The number of anilines is 1. The van der Waals surface area contributed by atoms with Gasteiger partial charge in [-0.05, 0) is 41.1 Å². The molecule has 0 aliphatic carbocycles. The van der Waals surface area contributed by atoms with Crippen LogP contribution in [0.1, 0.15) is 6.92 Å². The van der Waals surface area contributed by atoms with Gasteiger partial charge in [0.15, 0.2) is 0 Å². The Morgan fingerprint density at radius 3 is 2.82 bits per heavy atom. The number of aliphatic hydroxyl groups is 1. The van der Waals surface area contributed by atoms with Crippen LogP contribution in [0.5, 0.6) is 0 Å². The number of hydrogen-bond acceptors (Lipinski definition) is 2. The molecule has 0 saturated heterocycles. The van der Waals surface area contributed by atoms with E-state index >= 15 is 0 Å². The lowest BCUT2D eigenvalue weighted by atomic mass is 10.3. The van der Waals surface area contributed by atoms with Crippen molar-refractivity contribution in [3.63, 3.8) is 0 Å². The molecule has 0 radical (unpaired) electrons. The first-order valence-corrected chi connectivity index (χ1v) is 5.99. The van der Waals surface area contributed by atoms with Gasteiger partial charge in [0.25, 0.3) is 0 Å².